The summed E-state index contributed by atoms with van der Waals surface area (Å²) in [5.74, 6) is 0. The Morgan fingerprint density at radius 1 is 1.53 bits per heavy atom. The van der Waals surface area contributed by atoms with Crippen molar-refractivity contribution in [3.63, 3.8) is 0 Å². The molecule has 0 atom stereocenters. The highest BCUT2D eigenvalue weighted by molar-refractivity contribution is 5.75. The van der Waals surface area contributed by atoms with Gasteiger partial charge >= 0.3 is 6.03 Å². The molecule has 0 unspecified atom stereocenters. The van der Waals surface area contributed by atoms with E-state index in [1.807, 2.05) is 20.0 Å². The van der Waals surface area contributed by atoms with Crippen molar-refractivity contribution in [2.45, 2.75) is 25.9 Å². The molecule has 1 fully saturated rings. The number of amides is 2. The van der Waals surface area contributed by atoms with E-state index in [1.165, 1.54) is 0 Å². The molecule has 2 heterocycles. The van der Waals surface area contributed by atoms with Crippen molar-refractivity contribution in [2.75, 3.05) is 13.1 Å². The Bertz CT molecular complexity index is 328. The minimum Gasteiger partial charge on any atom is -0.336 e. The van der Waals surface area contributed by atoms with E-state index in [2.05, 4.69) is 15.6 Å². The van der Waals surface area contributed by atoms with E-state index in [4.69, 9.17) is 0 Å². The summed E-state index contributed by atoms with van der Waals surface area (Å²) in [6.45, 7) is 5.32. The van der Waals surface area contributed by atoms with Crippen molar-refractivity contribution in [1.29, 1.82) is 0 Å². The van der Waals surface area contributed by atoms with Gasteiger partial charge in [0.05, 0.1) is 12.2 Å². The Morgan fingerprint density at radius 3 is 2.80 bits per heavy atom. The summed E-state index contributed by atoms with van der Waals surface area (Å²) < 4.78 is 1.79. The minimum atomic E-state index is 0.00126. The van der Waals surface area contributed by atoms with Gasteiger partial charge in [-0.05, 0) is 13.8 Å². The van der Waals surface area contributed by atoms with Gasteiger partial charge in [0.15, 0.2) is 0 Å². The maximum Gasteiger partial charge on any atom is 0.317 e. The molecule has 1 aromatic rings. The lowest BCUT2D eigenvalue weighted by atomic mass is 10.1. The zero-order valence-corrected chi connectivity index (χ0v) is 8.92. The molecule has 0 radical (unpaired) electrons. The maximum absolute atomic E-state index is 11.5. The van der Waals surface area contributed by atoms with Crippen LogP contribution in [0.5, 0.6) is 0 Å². The highest BCUT2D eigenvalue weighted by atomic mass is 16.2. The molecule has 6 nitrogen and oxygen atoms in total. The van der Waals surface area contributed by atoms with Crippen LogP contribution in [0.3, 0.4) is 0 Å². The number of nitrogens with one attached hydrogen (secondary N) is 1. The molecule has 1 aromatic heterocycles. The predicted molar refractivity (Wildman–Crippen MR) is 54.3 cm³/mol. The topological polar surface area (TPSA) is 63.1 Å². The average Bonchev–Trinajstić information content (AvgIpc) is 2.52. The van der Waals surface area contributed by atoms with Crippen LogP contribution in [0.1, 0.15) is 19.9 Å². The van der Waals surface area contributed by atoms with Crippen LogP contribution < -0.4 is 5.32 Å². The lowest BCUT2D eigenvalue weighted by molar-refractivity contribution is 0.116. The van der Waals surface area contributed by atoms with Crippen molar-refractivity contribution in [1.82, 2.24) is 25.2 Å². The van der Waals surface area contributed by atoms with Gasteiger partial charge in [-0.25, -0.2) is 9.48 Å². The van der Waals surface area contributed by atoms with Gasteiger partial charge in [-0.3, -0.25) is 0 Å². The van der Waals surface area contributed by atoms with Gasteiger partial charge in [0.1, 0.15) is 0 Å². The lowest BCUT2D eigenvalue weighted by Crippen LogP contribution is -2.55. The Morgan fingerprint density at radius 2 is 2.27 bits per heavy atom. The van der Waals surface area contributed by atoms with Crippen molar-refractivity contribution < 1.29 is 4.79 Å². The molecule has 1 aliphatic heterocycles. The van der Waals surface area contributed by atoms with E-state index in [0.717, 1.165) is 0 Å². The van der Waals surface area contributed by atoms with Crippen LogP contribution in [0, 0.1) is 0 Å². The fraction of sp³-hybridized carbons (Fsp3) is 0.667. The van der Waals surface area contributed by atoms with Crippen LogP contribution in [0.4, 0.5) is 4.79 Å². The van der Waals surface area contributed by atoms with Crippen molar-refractivity contribution in [2.24, 2.45) is 0 Å². The molecule has 1 saturated heterocycles. The monoisotopic (exact) mass is 209 g/mol. The molecule has 0 aromatic carbocycles. The normalized spacial score (nSPS) is 16.6. The number of likely N-dealkylation sites (tertiary alicyclic amines) is 1. The van der Waals surface area contributed by atoms with E-state index in [9.17, 15) is 4.79 Å². The molecule has 1 N–H and O–H groups in total. The van der Waals surface area contributed by atoms with E-state index in [0.29, 0.717) is 13.1 Å². The van der Waals surface area contributed by atoms with Gasteiger partial charge < -0.3 is 10.2 Å². The zero-order chi connectivity index (χ0) is 10.8. The van der Waals surface area contributed by atoms with Crippen LogP contribution in [-0.2, 0) is 0 Å². The minimum absolute atomic E-state index is 0.00126. The number of hydrogen-bond acceptors (Lipinski definition) is 3. The Labute approximate surface area is 88.2 Å². The standard InChI is InChI=1S/C9H15N5O/c1-7(2)11-9(15)13-5-8(6-13)14-4-3-10-12-14/h3-4,7-8H,5-6H2,1-2H3,(H,11,15). The van der Waals surface area contributed by atoms with Crippen LogP contribution in [0.25, 0.3) is 0 Å². The number of hydrogen-bond donors (Lipinski definition) is 1. The van der Waals surface area contributed by atoms with Crippen LogP contribution in [0.2, 0.25) is 0 Å². The smallest absolute Gasteiger partial charge is 0.317 e. The fourth-order valence-electron chi connectivity index (χ4n) is 1.54. The summed E-state index contributed by atoms with van der Waals surface area (Å²) in [7, 11) is 0. The van der Waals surface area contributed by atoms with E-state index in [1.54, 1.807) is 15.8 Å². The first-order valence-corrected chi connectivity index (χ1v) is 5.08. The van der Waals surface area contributed by atoms with Crippen LogP contribution in [0.15, 0.2) is 12.4 Å². The second kappa shape index (κ2) is 3.88. The first-order valence-electron chi connectivity index (χ1n) is 5.08. The number of rotatable bonds is 2. The summed E-state index contributed by atoms with van der Waals surface area (Å²) in [5.41, 5.74) is 0. The van der Waals surface area contributed by atoms with Crippen molar-refractivity contribution in [3.8, 4) is 0 Å². The van der Waals surface area contributed by atoms with Gasteiger partial charge in [-0.2, -0.15) is 0 Å². The fourth-order valence-corrected chi connectivity index (χ4v) is 1.54. The molecule has 15 heavy (non-hydrogen) atoms. The number of urea groups is 1. The summed E-state index contributed by atoms with van der Waals surface area (Å²) >= 11 is 0. The predicted octanol–water partition coefficient (Wildman–Crippen LogP) is 0.253. The first-order chi connectivity index (χ1) is 7.16. The molecule has 2 rings (SSSR count). The van der Waals surface area contributed by atoms with Gasteiger partial charge in [0.2, 0.25) is 0 Å². The number of aromatic nitrogens is 3. The molecule has 6 heteroatoms. The molecule has 82 valence electrons. The lowest BCUT2D eigenvalue weighted by Gasteiger charge is -2.39. The molecule has 0 bridgehead atoms. The third kappa shape index (κ3) is 2.08. The van der Waals surface area contributed by atoms with Gasteiger partial charge in [-0.15, -0.1) is 5.10 Å². The number of nitrogens with zero attached hydrogens (tertiary/aromatic N) is 4. The summed E-state index contributed by atoms with van der Waals surface area (Å²) in [4.78, 5) is 13.3. The molecule has 2 amide bonds. The van der Waals surface area contributed by atoms with Crippen LogP contribution >= 0.6 is 0 Å². The number of carbonyl (C=O) groups excluding carboxylic acids is 1. The van der Waals surface area contributed by atoms with Gasteiger partial charge in [0.25, 0.3) is 0 Å². The summed E-state index contributed by atoms with van der Waals surface area (Å²) in [6, 6.07) is 0.467. The molecule has 0 saturated carbocycles. The largest absolute Gasteiger partial charge is 0.336 e. The molecule has 0 aliphatic carbocycles. The highest BCUT2D eigenvalue weighted by Gasteiger charge is 2.32. The van der Waals surface area contributed by atoms with E-state index in [-0.39, 0.29) is 18.1 Å². The summed E-state index contributed by atoms with van der Waals surface area (Å²) in [5, 5.41) is 10.5. The quantitative estimate of drug-likeness (QED) is 0.759. The second-order valence-corrected chi connectivity index (χ2v) is 4.05. The average molecular weight is 209 g/mol. The Kier molecular flexibility index (Phi) is 2.57. The van der Waals surface area contributed by atoms with E-state index < -0.39 is 0 Å². The van der Waals surface area contributed by atoms with Gasteiger partial charge in [-0.1, -0.05) is 5.21 Å². The third-order valence-electron chi connectivity index (χ3n) is 2.38. The number of carbonyl (C=O) groups is 1. The SMILES string of the molecule is CC(C)NC(=O)N1CC(n2ccnn2)C1. The zero-order valence-electron chi connectivity index (χ0n) is 8.92. The van der Waals surface area contributed by atoms with Gasteiger partial charge in [0, 0.05) is 25.3 Å². The maximum atomic E-state index is 11.5. The molecule has 1 aliphatic rings. The van der Waals surface area contributed by atoms with Crippen molar-refractivity contribution >= 4 is 6.03 Å². The molecular formula is C9H15N5O. The first kappa shape index (κ1) is 9.95. The highest BCUT2D eigenvalue weighted by Crippen LogP contribution is 2.19. The van der Waals surface area contributed by atoms with Crippen LogP contribution in [-0.4, -0.2) is 45.1 Å². The Hall–Kier alpha value is -1.59. The molecule has 0 spiro atoms. The third-order valence-corrected chi connectivity index (χ3v) is 2.38. The van der Waals surface area contributed by atoms with Crippen molar-refractivity contribution in [3.05, 3.63) is 12.4 Å². The Balaban J connectivity index is 1.81. The molecular weight excluding hydrogens is 194 g/mol. The summed E-state index contributed by atoms with van der Waals surface area (Å²) in [6.07, 6.45) is 3.47. The second-order valence-electron chi connectivity index (χ2n) is 4.05. The van der Waals surface area contributed by atoms with E-state index >= 15 is 0 Å².